The van der Waals surface area contributed by atoms with Gasteiger partial charge in [0.2, 0.25) is 0 Å². The monoisotopic (exact) mass is 228 g/mol. The van der Waals surface area contributed by atoms with Gasteiger partial charge in [-0.3, -0.25) is 0 Å². The molecule has 0 spiro atoms. The first-order valence-electron chi connectivity index (χ1n) is 4.16. The van der Waals surface area contributed by atoms with Crippen molar-refractivity contribution in [1.29, 1.82) is 0 Å². The van der Waals surface area contributed by atoms with Crippen molar-refractivity contribution in [2.45, 2.75) is 12.5 Å². The van der Waals surface area contributed by atoms with Crippen molar-refractivity contribution in [3.05, 3.63) is 33.8 Å². The minimum Gasteiger partial charge on any atom is -0.471 e. The molecule has 1 unspecified atom stereocenters. The Morgan fingerprint density at radius 1 is 1.50 bits per heavy atom. The van der Waals surface area contributed by atoms with Crippen LogP contribution in [-0.2, 0) is 10.3 Å². The lowest BCUT2D eigenvalue weighted by Crippen LogP contribution is -2.21. The summed E-state index contributed by atoms with van der Waals surface area (Å²) in [7, 11) is 0. The Hall–Kier alpha value is -0.730. The van der Waals surface area contributed by atoms with Crippen molar-refractivity contribution >= 4 is 29.6 Å². The van der Waals surface area contributed by atoms with Crippen LogP contribution in [0.2, 0.25) is 10.0 Å². The summed E-state index contributed by atoms with van der Waals surface area (Å²) in [6.45, 7) is 2.39. The molecule has 1 heterocycles. The predicted molar refractivity (Wildman–Crippen MR) is 57.2 cm³/mol. The summed E-state index contributed by atoms with van der Waals surface area (Å²) in [6, 6.07) is 5.32. The molecule has 1 aliphatic heterocycles. The van der Waals surface area contributed by atoms with Crippen LogP contribution in [0.5, 0.6) is 0 Å². The lowest BCUT2D eigenvalue weighted by Gasteiger charge is -2.20. The maximum absolute atomic E-state index is 6.06. The summed E-state index contributed by atoms with van der Waals surface area (Å²) in [5, 5.41) is 1.29. The van der Waals surface area contributed by atoms with Crippen molar-refractivity contribution in [2.75, 3.05) is 6.61 Å². The quantitative estimate of drug-likeness (QED) is 0.724. The summed E-state index contributed by atoms with van der Waals surface area (Å²) < 4.78 is 4.99. The molecule has 0 saturated heterocycles. The Morgan fingerprint density at radius 2 is 2.29 bits per heavy atom. The lowest BCUT2D eigenvalue weighted by molar-refractivity contribution is 0.276. The molecule has 0 aliphatic carbocycles. The van der Waals surface area contributed by atoms with Gasteiger partial charge in [0.25, 0.3) is 6.40 Å². The van der Waals surface area contributed by atoms with Crippen LogP contribution in [0.3, 0.4) is 0 Å². The third kappa shape index (κ3) is 1.60. The highest BCUT2D eigenvalue weighted by Gasteiger charge is 2.32. The Balaban J connectivity index is 2.49. The second-order valence-electron chi connectivity index (χ2n) is 3.39. The number of ether oxygens (including phenoxy) is 1. The van der Waals surface area contributed by atoms with Gasteiger partial charge in [-0.05, 0) is 25.1 Å². The highest BCUT2D eigenvalue weighted by molar-refractivity contribution is 6.33. The summed E-state index contributed by atoms with van der Waals surface area (Å²) in [5.74, 6) is 0. The van der Waals surface area contributed by atoms with Crippen LogP contribution < -0.4 is 0 Å². The number of hydrogen-bond donors (Lipinski definition) is 0. The van der Waals surface area contributed by atoms with E-state index in [1.807, 2.05) is 13.0 Å². The second kappa shape index (κ2) is 3.44. The van der Waals surface area contributed by atoms with Crippen LogP contribution in [0.1, 0.15) is 12.5 Å². The van der Waals surface area contributed by atoms with E-state index in [0.29, 0.717) is 16.7 Å². The average Bonchev–Trinajstić information content (AvgIpc) is 2.58. The molecule has 0 fully saturated rings. The van der Waals surface area contributed by atoms with Gasteiger partial charge in [0.05, 0.1) is 0 Å². The van der Waals surface area contributed by atoms with Crippen LogP contribution >= 0.6 is 23.2 Å². The summed E-state index contributed by atoms with van der Waals surface area (Å²) in [6.07, 6.45) is 2.48. The van der Waals surface area contributed by atoms with Crippen LogP contribution in [0, 0.1) is 0 Å². The molecule has 0 saturated carbocycles. The van der Waals surface area contributed by atoms with E-state index < -0.39 is 5.54 Å². The largest absolute Gasteiger partial charge is 0.471 e. The summed E-state index contributed by atoms with van der Waals surface area (Å²) in [4.78, 5) is 4.12. The number of aliphatic imine (C=N–C) groups is 1. The molecule has 4 heteroatoms. The first-order chi connectivity index (χ1) is 6.62. The van der Waals surface area contributed by atoms with Gasteiger partial charge in [-0.2, -0.15) is 0 Å². The summed E-state index contributed by atoms with van der Waals surface area (Å²) in [5.41, 5.74) is 0.416. The highest BCUT2D eigenvalue weighted by atomic mass is 35.5. The van der Waals surface area contributed by atoms with Gasteiger partial charge in [0.1, 0.15) is 12.1 Å². The Bertz CT molecular complexity index is 392. The Labute approximate surface area is 92.5 Å². The maximum atomic E-state index is 6.06. The molecule has 1 aromatic rings. The molecule has 1 aromatic carbocycles. The van der Waals surface area contributed by atoms with E-state index in [9.17, 15) is 0 Å². The van der Waals surface area contributed by atoms with E-state index >= 15 is 0 Å². The molecule has 0 N–H and O–H groups in total. The van der Waals surface area contributed by atoms with E-state index in [0.717, 1.165) is 5.56 Å². The Kier molecular flexibility index (Phi) is 2.41. The number of hydrogen-bond acceptors (Lipinski definition) is 2. The average molecular weight is 229 g/mol. The molecule has 73 valence electrons. The minimum absolute atomic E-state index is 0.451. The van der Waals surface area contributed by atoms with Gasteiger partial charge >= 0.3 is 0 Å². The number of rotatable bonds is 1. The zero-order valence-corrected chi connectivity index (χ0v) is 9.06. The molecule has 1 aliphatic rings. The molecule has 0 aromatic heterocycles. The summed E-state index contributed by atoms with van der Waals surface area (Å²) >= 11 is 12.0. The number of nitrogens with zero attached hydrogens (tertiary/aromatic N) is 1. The van der Waals surface area contributed by atoms with Crippen molar-refractivity contribution < 1.29 is 4.74 Å². The van der Waals surface area contributed by atoms with Crippen LogP contribution in [0.15, 0.2) is 23.2 Å². The van der Waals surface area contributed by atoms with Gasteiger partial charge in [-0.25, -0.2) is 4.99 Å². The molecule has 1 radical (unpaired) electrons. The van der Waals surface area contributed by atoms with Gasteiger partial charge in [0.15, 0.2) is 0 Å². The SMILES string of the molecule is CC1(c2cc(Cl)ccc2Cl)CO[C]=N1. The first kappa shape index (κ1) is 9.81. The lowest BCUT2D eigenvalue weighted by atomic mass is 9.94. The second-order valence-corrected chi connectivity index (χ2v) is 4.23. The zero-order chi connectivity index (χ0) is 10.2. The normalized spacial score (nSPS) is 25.1. The van der Waals surface area contributed by atoms with Crippen molar-refractivity contribution in [1.82, 2.24) is 0 Å². The van der Waals surface area contributed by atoms with Crippen LogP contribution in [0.4, 0.5) is 0 Å². The van der Waals surface area contributed by atoms with Crippen molar-refractivity contribution in [3.8, 4) is 0 Å². The molecule has 0 amide bonds. The molecular weight excluding hydrogens is 221 g/mol. The van der Waals surface area contributed by atoms with E-state index in [1.54, 1.807) is 12.1 Å². The van der Waals surface area contributed by atoms with Crippen molar-refractivity contribution in [2.24, 2.45) is 4.99 Å². The molecule has 14 heavy (non-hydrogen) atoms. The third-order valence-electron chi connectivity index (χ3n) is 2.22. The maximum Gasteiger partial charge on any atom is 0.274 e. The third-order valence-corrected chi connectivity index (χ3v) is 2.78. The van der Waals surface area contributed by atoms with Crippen molar-refractivity contribution in [3.63, 3.8) is 0 Å². The van der Waals surface area contributed by atoms with Gasteiger partial charge < -0.3 is 4.74 Å². The zero-order valence-electron chi connectivity index (χ0n) is 7.55. The van der Waals surface area contributed by atoms with Gasteiger partial charge in [-0.1, -0.05) is 23.2 Å². The molecule has 2 rings (SSSR count). The van der Waals surface area contributed by atoms with Gasteiger partial charge in [-0.15, -0.1) is 0 Å². The number of benzene rings is 1. The minimum atomic E-state index is -0.456. The fraction of sp³-hybridized carbons (Fsp3) is 0.300. The molecule has 2 nitrogen and oxygen atoms in total. The van der Waals surface area contributed by atoms with Crippen LogP contribution in [0.25, 0.3) is 0 Å². The predicted octanol–water partition coefficient (Wildman–Crippen LogP) is 3.14. The Morgan fingerprint density at radius 3 is 2.93 bits per heavy atom. The molecular formula is C10H8Cl2NO. The molecule has 1 atom stereocenters. The van der Waals surface area contributed by atoms with E-state index in [1.165, 1.54) is 0 Å². The fourth-order valence-corrected chi connectivity index (χ4v) is 1.88. The standard InChI is InChI=1S/C10H8Cl2NO/c1-10(5-14-6-13-10)8-4-7(11)2-3-9(8)12/h2-4H,5H2,1H3. The van der Waals surface area contributed by atoms with Crippen LogP contribution in [-0.4, -0.2) is 13.0 Å². The fourth-order valence-electron chi connectivity index (χ4n) is 1.39. The topological polar surface area (TPSA) is 21.6 Å². The van der Waals surface area contributed by atoms with E-state index in [-0.39, 0.29) is 0 Å². The highest BCUT2D eigenvalue weighted by Crippen LogP contribution is 2.35. The molecule has 0 bridgehead atoms. The van der Waals surface area contributed by atoms with E-state index in [4.69, 9.17) is 27.9 Å². The first-order valence-corrected chi connectivity index (χ1v) is 4.92. The van der Waals surface area contributed by atoms with E-state index in [2.05, 4.69) is 11.4 Å². The number of halogens is 2. The smallest absolute Gasteiger partial charge is 0.274 e. The van der Waals surface area contributed by atoms with Gasteiger partial charge in [0, 0.05) is 15.6 Å².